The first-order chi connectivity index (χ1) is 18.0. The number of benzene rings is 2. The highest BCUT2D eigenvalue weighted by Gasteiger charge is 2.17. The van der Waals surface area contributed by atoms with Crippen molar-refractivity contribution in [1.29, 1.82) is 5.26 Å². The number of hydrogen-bond acceptors (Lipinski definition) is 7. The van der Waals surface area contributed by atoms with E-state index in [1.165, 1.54) is 6.20 Å². The number of nitrogens with zero attached hydrogens (tertiary/aromatic N) is 3. The van der Waals surface area contributed by atoms with Gasteiger partial charge in [-0.3, -0.25) is 4.79 Å². The minimum atomic E-state index is -0.465. The molecule has 10 heteroatoms. The van der Waals surface area contributed by atoms with Crippen LogP contribution in [0.1, 0.15) is 24.5 Å². The summed E-state index contributed by atoms with van der Waals surface area (Å²) in [7, 11) is 0. The average molecular weight is 499 g/mol. The highest BCUT2D eigenvalue weighted by atomic mass is 16.5. The number of fused-ring (bicyclic) bond motifs is 1. The highest BCUT2D eigenvalue weighted by molar-refractivity contribution is 5.95. The number of ether oxygens (including phenoxy) is 2. The van der Waals surface area contributed by atoms with Crippen LogP contribution in [0.5, 0.6) is 11.5 Å². The van der Waals surface area contributed by atoms with Gasteiger partial charge in [-0.2, -0.15) is 10.4 Å². The molecule has 188 valence electrons. The molecule has 0 aliphatic heterocycles. The molecule has 0 spiro atoms. The number of aryl methyl sites for hydroxylation is 1. The number of urea groups is 1. The Labute approximate surface area is 213 Å². The number of nitrogens with one attached hydrogen (secondary N) is 3. The van der Waals surface area contributed by atoms with Gasteiger partial charge in [0.1, 0.15) is 17.6 Å². The van der Waals surface area contributed by atoms with Crippen molar-refractivity contribution >= 4 is 34.6 Å². The Morgan fingerprint density at radius 1 is 1.08 bits per heavy atom. The van der Waals surface area contributed by atoms with Gasteiger partial charge in [0.05, 0.1) is 47.9 Å². The van der Waals surface area contributed by atoms with E-state index in [9.17, 15) is 14.9 Å². The van der Waals surface area contributed by atoms with Crippen molar-refractivity contribution in [2.24, 2.45) is 0 Å². The molecule has 37 heavy (non-hydrogen) atoms. The van der Waals surface area contributed by atoms with Gasteiger partial charge >= 0.3 is 12.0 Å². The maximum atomic E-state index is 12.4. The first-order valence-electron chi connectivity index (χ1n) is 11.7. The summed E-state index contributed by atoms with van der Waals surface area (Å²) in [5.41, 5.74) is 3.54. The fourth-order valence-electron chi connectivity index (χ4n) is 3.68. The van der Waals surface area contributed by atoms with E-state index in [0.717, 1.165) is 17.0 Å². The number of amides is 2. The van der Waals surface area contributed by atoms with Gasteiger partial charge in [0.25, 0.3) is 0 Å². The van der Waals surface area contributed by atoms with Gasteiger partial charge in [-0.25, -0.2) is 9.31 Å². The van der Waals surface area contributed by atoms with E-state index in [2.05, 4.69) is 27.1 Å². The van der Waals surface area contributed by atoms with E-state index in [1.807, 2.05) is 61.5 Å². The number of anilines is 3. The Morgan fingerprint density at radius 2 is 1.81 bits per heavy atom. The predicted molar refractivity (Wildman–Crippen MR) is 139 cm³/mol. The van der Waals surface area contributed by atoms with Crippen LogP contribution in [0.25, 0.3) is 5.52 Å². The second-order valence-corrected chi connectivity index (χ2v) is 8.01. The SMILES string of the molecule is CCOC(=O)CCNC(=O)Nc1cn2ncc(C#N)c(Nc3ccc(Oc4ccccc4)cc3)c2c1C. The van der Waals surface area contributed by atoms with E-state index in [-0.39, 0.29) is 18.9 Å². The third-order valence-electron chi connectivity index (χ3n) is 5.45. The largest absolute Gasteiger partial charge is 0.466 e. The fraction of sp³-hybridized carbons (Fsp3) is 0.185. The van der Waals surface area contributed by atoms with Crippen molar-refractivity contribution in [3.63, 3.8) is 0 Å². The summed E-state index contributed by atoms with van der Waals surface area (Å²) in [4.78, 5) is 23.8. The molecule has 0 radical (unpaired) electrons. The third-order valence-corrected chi connectivity index (χ3v) is 5.45. The summed E-state index contributed by atoms with van der Waals surface area (Å²) < 4.78 is 12.3. The summed E-state index contributed by atoms with van der Waals surface area (Å²) >= 11 is 0. The second kappa shape index (κ2) is 11.6. The van der Waals surface area contributed by atoms with Crippen molar-refractivity contribution < 1.29 is 19.1 Å². The Balaban J connectivity index is 1.51. The van der Waals surface area contributed by atoms with E-state index in [1.54, 1.807) is 17.6 Å². The molecular weight excluding hydrogens is 472 g/mol. The Morgan fingerprint density at radius 3 is 2.51 bits per heavy atom. The molecule has 0 saturated carbocycles. The second-order valence-electron chi connectivity index (χ2n) is 8.01. The van der Waals surface area contributed by atoms with Crippen LogP contribution in [0.4, 0.5) is 21.9 Å². The molecule has 2 aromatic carbocycles. The van der Waals surface area contributed by atoms with Gasteiger partial charge in [0.15, 0.2) is 0 Å². The lowest BCUT2D eigenvalue weighted by atomic mass is 10.1. The summed E-state index contributed by atoms with van der Waals surface area (Å²) in [6.07, 6.45) is 3.21. The molecule has 0 atom stereocenters. The van der Waals surface area contributed by atoms with Gasteiger partial charge < -0.3 is 25.4 Å². The van der Waals surface area contributed by atoms with Gasteiger partial charge in [-0.1, -0.05) is 18.2 Å². The van der Waals surface area contributed by atoms with Gasteiger partial charge in [0.2, 0.25) is 0 Å². The molecule has 2 heterocycles. The normalized spacial score (nSPS) is 10.4. The van der Waals surface area contributed by atoms with Crippen LogP contribution < -0.4 is 20.7 Å². The molecule has 4 aromatic rings. The summed E-state index contributed by atoms with van der Waals surface area (Å²) in [5, 5.41) is 22.7. The standard InChI is InChI=1S/C27H26N6O4/c1-3-36-24(34)13-14-29-27(35)32-23-17-33-26(18(23)2)25(19(15-28)16-30-33)31-20-9-11-22(12-10-20)37-21-7-5-4-6-8-21/h4-12,16-17,31H,3,13-14H2,1-2H3,(H2,29,32,35). The molecule has 0 unspecified atom stereocenters. The number of esters is 1. The van der Waals surface area contributed by atoms with Crippen LogP contribution in [0.3, 0.4) is 0 Å². The van der Waals surface area contributed by atoms with Crippen molar-refractivity contribution in [3.8, 4) is 17.6 Å². The van der Waals surface area contributed by atoms with Crippen molar-refractivity contribution in [2.75, 3.05) is 23.8 Å². The van der Waals surface area contributed by atoms with Crippen LogP contribution in [-0.4, -0.2) is 34.8 Å². The fourth-order valence-corrected chi connectivity index (χ4v) is 3.68. The number of carbonyl (C=O) groups excluding carboxylic acids is 2. The van der Waals surface area contributed by atoms with Crippen LogP contribution in [-0.2, 0) is 9.53 Å². The van der Waals surface area contributed by atoms with Crippen LogP contribution in [0.15, 0.2) is 67.0 Å². The predicted octanol–water partition coefficient (Wildman–Crippen LogP) is 5.13. The molecule has 3 N–H and O–H groups in total. The lowest BCUT2D eigenvalue weighted by Crippen LogP contribution is -2.31. The molecule has 0 aliphatic carbocycles. The van der Waals surface area contributed by atoms with Crippen molar-refractivity contribution in [3.05, 3.63) is 78.1 Å². The molecule has 0 fully saturated rings. The molecular formula is C27H26N6O4. The molecule has 2 amide bonds. The zero-order valence-electron chi connectivity index (χ0n) is 20.4. The quantitative estimate of drug-likeness (QED) is 0.273. The number of aromatic nitrogens is 2. The smallest absolute Gasteiger partial charge is 0.319 e. The first-order valence-corrected chi connectivity index (χ1v) is 11.7. The van der Waals surface area contributed by atoms with E-state index >= 15 is 0 Å². The van der Waals surface area contributed by atoms with Crippen molar-refractivity contribution in [1.82, 2.24) is 14.9 Å². The summed E-state index contributed by atoms with van der Waals surface area (Å²) in [6, 6.07) is 18.6. The Hall–Kier alpha value is -5.04. The zero-order chi connectivity index (χ0) is 26.2. The zero-order valence-corrected chi connectivity index (χ0v) is 20.4. The van der Waals surface area contributed by atoms with Gasteiger partial charge in [-0.15, -0.1) is 0 Å². The number of carbonyl (C=O) groups is 2. The average Bonchev–Trinajstić information content (AvgIpc) is 3.21. The Bertz CT molecular complexity index is 1440. The van der Waals surface area contributed by atoms with E-state index in [4.69, 9.17) is 9.47 Å². The third kappa shape index (κ3) is 6.15. The monoisotopic (exact) mass is 498 g/mol. The summed E-state index contributed by atoms with van der Waals surface area (Å²) in [5.74, 6) is 1.04. The van der Waals surface area contributed by atoms with Crippen LogP contribution in [0.2, 0.25) is 0 Å². The van der Waals surface area contributed by atoms with E-state index < -0.39 is 6.03 Å². The molecule has 10 nitrogen and oxygen atoms in total. The van der Waals surface area contributed by atoms with Gasteiger partial charge in [-0.05, 0) is 50.2 Å². The number of hydrogen-bond donors (Lipinski definition) is 3. The molecule has 0 bridgehead atoms. The molecule has 2 aromatic heterocycles. The number of nitriles is 1. The lowest BCUT2D eigenvalue weighted by molar-refractivity contribution is -0.142. The highest BCUT2D eigenvalue weighted by Crippen LogP contribution is 2.33. The van der Waals surface area contributed by atoms with E-state index in [0.29, 0.717) is 34.8 Å². The first kappa shape index (κ1) is 25.1. The minimum Gasteiger partial charge on any atom is -0.466 e. The topological polar surface area (TPSA) is 130 Å². The maximum absolute atomic E-state index is 12.4. The van der Waals surface area contributed by atoms with Crippen LogP contribution >= 0.6 is 0 Å². The van der Waals surface area contributed by atoms with Crippen LogP contribution in [0, 0.1) is 18.3 Å². The minimum absolute atomic E-state index is 0.0777. The maximum Gasteiger partial charge on any atom is 0.319 e. The molecule has 0 aliphatic rings. The summed E-state index contributed by atoms with van der Waals surface area (Å²) in [6.45, 7) is 3.99. The lowest BCUT2D eigenvalue weighted by Gasteiger charge is -2.12. The van der Waals surface area contributed by atoms with Gasteiger partial charge in [0, 0.05) is 17.8 Å². The molecule has 0 saturated heterocycles. The Kier molecular flexibility index (Phi) is 7.85. The number of para-hydroxylation sites is 1. The van der Waals surface area contributed by atoms with Crippen molar-refractivity contribution in [2.45, 2.75) is 20.3 Å². The molecule has 4 rings (SSSR count). The number of rotatable bonds is 9.